The molecule has 2 atom stereocenters. The number of phenolic OH excluding ortho intramolecular Hbond substituents is 3. The Kier molecular flexibility index (Phi) is 8.80. The Balaban J connectivity index is 2.12. The number of ketones is 1. The molecule has 0 bridgehead atoms. The predicted molar refractivity (Wildman–Crippen MR) is 126 cm³/mol. The van der Waals surface area contributed by atoms with Crippen LogP contribution in [0.2, 0.25) is 0 Å². The summed E-state index contributed by atoms with van der Waals surface area (Å²) in [6, 6.07) is 5.92. The van der Waals surface area contributed by atoms with Crippen LogP contribution in [0, 0.1) is 11.8 Å². The first-order chi connectivity index (χ1) is 15.9. The third kappa shape index (κ3) is 6.82. The van der Waals surface area contributed by atoms with Gasteiger partial charge in [-0.2, -0.15) is 0 Å². The summed E-state index contributed by atoms with van der Waals surface area (Å²) in [4.78, 5) is 37.2. The molecule has 1 unspecified atom stereocenters. The van der Waals surface area contributed by atoms with Gasteiger partial charge in [-0.3, -0.25) is 9.59 Å². The van der Waals surface area contributed by atoms with Gasteiger partial charge in [-0.25, -0.2) is 4.79 Å². The first kappa shape index (κ1) is 26.4. The van der Waals surface area contributed by atoms with Gasteiger partial charge in [-0.05, 0) is 54.3 Å². The third-order valence-electron chi connectivity index (χ3n) is 5.12. The molecule has 0 saturated carbocycles. The number of hydrogen-bond acceptors (Lipinski definition) is 8. The molecule has 9 nitrogen and oxygen atoms in total. The number of amides is 1. The minimum Gasteiger partial charge on any atom is -0.508 e. The van der Waals surface area contributed by atoms with Gasteiger partial charge < -0.3 is 31.1 Å². The van der Waals surface area contributed by atoms with E-state index in [9.17, 15) is 29.7 Å². The highest BCUT2D eigenvalue weighted by Gasteiger charge is 2.29. The second-order valence-corrected chi connectivity index (χ2v) is 8.54. The standard InChI is InChI=1S/C25H30N2O7/c1-13(2)22(26)24(32)27-23(14(3)4)25(33)34-17-8-5-15(21(31)12-17)6-9-19(29)18-11-16(28)7-10-20(18)30/h5-14,22-23,28,30-31H,26H2,1-4H3,(H,27,32)/b9-6+/t22?,23-/m0/s1. The van der Waals surface area contributed by atoms with Gasteiger partial charge in [0, 0.05) is 11.6 Å². The Morgan fingerprint density at radius 2 is 1.62 bits per heavy atom. The predicted octanol–water partition coefficient (Wildman–Crippen LogP) is 2.73. The number of esters is 1. The number of aromatic hydroxyl groups is 3. The molecule has 182 valence electrons. The fraction of sp³-hybridized carbons (Fsp3) is 0.320. The van der Waals surface area contributed by atoms with Crippen LogP contribution in [0.1, 0.15) is 43.6 Å². The fourth-order valence-corrected chi connectivity index (χ4v) is 2.93. The Hall–Kier alpha value is -3.85. The number of nitrogens with two attached hydrogens (primary N) is 1. The molecular formula is C25H30N2O7. The molecule has 2 rings (SSSR count). The molecule has 0 aromatic heterocycles. The van der Waals surface area contributed by atoms with Gasteiger partial charge in [0.2, 0.25) is 5.91 Å². The van der Waals surface area contributed by atoms with Crippen molar-refractivity contribution in [1.82, 2.24) is 5.32 Å². The molecule has 0 heterocycles. The molecule has 9 heteroatoms. The zero-order valence-electron chi connectivity index (χ0n) is 19.5. The second kappa shape index (κ2) is 11.3. The molecule has 0 aliphatic carbocycles. The summed E-state index contributed by atoms with van der Waals surface area (Å²) in [5, 5.41) is 32.2. The van der Waals surface area contributed by atoms with Crippen LogP contribution in [0.4, 0.5) is 0 Å². The number of hydrogen-bond donors (Lipinski definition) is 5. The third-order valence-corrected chi connectivity index (χ3v) is 5.12. The van der Waals surface area contributed by atoms with Crippen LogP contribution in [0.3, 0.4) is 0 Å². The first-order valence-corrected chi connectivity index (χ1v) is 10.8. The van der Waals surface area contributed by atoms with Crippen LogP contribution in [0.15, 0.2) is 42.5 Å². The number of carbonyl (C=O) groups is 3. The maximum atomic E-state index is 12.6. The van der Waals surface area contributed by atoms with E-state index in [2.05, 4.69) is 5.32 Å². The van der Waals surface area contributed by atoms with Gasteiger partial charge in [0.15, 0.2) is 5.78 Å². The highest BCUT2D eigenvalue weighted by Crippen LogP contribution is 2.27. The van der Waals surface area contributed by atoms with Crippen LogP contribution >= 0.6 is 0 Å². The van der Waals surface area contributed by atoms with Crippen molar-refractivity contribution in [1.29, 1.82) is 0 Å². The lowest BCUT2D eigenvalue weighted by Gasteiger charge is -2.23. The van der Waals surface area contributed by atoms with E-state index in [-0.39, 0.29) is 46.0 Å². The van der Waals surface area contributed by atoms with E-state index in [1.54, 1.807) is 27.7 Å². The van der Waals surface area contributed by atoms with Crippen LogP contribution in [0.5, 0.6) is 23.0 Å². The molecular weight excluding hydrogens is 440 g/mol. The maximum Gasteiger partial charge on any atom is 0.334 e. The van der Waals surface area contributed by atoms with Gasteiger partial charge in [-0.1, -0.05) is 27.7 Å². The van der Waals surface area contributed by atoms with Crippen molar-refractivity contribution in [2.45, 2.75) is 39.8 Å². The molecule has 6 N–H and O–H groups in total. The average Bonchev–Trinajstić information content (AvgIpc) is 2.77. The van der Waals surface area contributed by atoms with Crippen molar-refractivity contribution in [3.63, 3.8) is 0 Å². The molecule has 0 fully saturated rings. The highest BCUT2D eigenvalue weighted by atomic mass is 16.5. The monoisotopic (exact) mass is 470 g/mol. The summed E-state index contributed by atoms with van der Waals surface area (Å²) < 4.78 is 5.33. The molecule has 2 aromatic rings. The summed E-state index contributed by atoms with van der Waals surface area (Å²) in [7, 11) is 0. The van der Waals surface area contributed by atoms with Gasteiger partial charge in [0.25, 0.3) is 0 Å². The van der Waals surface area contributed by atoms with Crippen molar-refractivity contribution in [2.75, 3.05) is 0 Å². The van der Waals surface area contributed by atoms with Crippen LogP contribution in [-0.4, -0.2) is 45.1 Å². The number of ether oxygens (including phenoxy) is 1. The Morgan fingerprint density at radius 3 is 2.21 bits per heavy atom. The number of allylic oxidation sites excluding steroid dienone is 1. The molecule has 0 radical (unpaired) electrons. The lowest BCUT2D eigenvalue weighted by Crippen LogP contribution is -2.53. The summed E-state index contributed by atoms with van der Waals surface area (Å²) in [5.41, 5.74) is 6.00. The van der Waals surface area contributed by atoms with Crippen LogP contribution in [-0.2, 0) is 9.59 Å². The van der Waals surface area contributed by atoms with Gasteiger partial charge >= 0.3 is 5.97 Å². The normalized spacial score (nSPS) is 13.1. The minimum atomic E-state index is -0.938. The minimum absolute atomic E-state index is 0.0460. The maximum absolute atomic E-state index is 12.6. The molecule has 2 aromatic carbocycles. The number of nitrogens with one attached hydrogen (secondary N) is 1. The topological polar surface area (TPSA) is 159 Å². The van der Waals surface area contributed by atoms with Crippen molar-refractivity contribution in [2.24, 2.45) is 17.6 Å². The van der Waals surface area contributed by atoms with E-state index >= 15 is 0 Å². The van der Waals surface area contributed by atoms with Crippen molar-refractivity contribution < 1.29 is 34.4 Å². The van der Waals surface area contributed by atoms with Gasteiger partial charge in [0.05, 0.1) is 11.6 Å². The fourth-order valence-electron chi connectivity index (χ4n) is 2.93. The second-order valence-electron chi connectivity index (χ2n) is 8.54. The zero-order chi connectivity index (χ0) is 25.6. The SMILES string of the molecule is CC(C)C(N)C(=O)N[C@H](C(=O)Oc1ccc(/C=C/C(=O)c2cc(O)ccc2O)c(O)c1)C(C)C. The lowest BCUT2D eigenvalue weighted by molar-refractivity contribution is -0.141. The molecule has 0 aliphatic rings. The largest absolute Gasteiger partial charge is 0.508 e. The average molecular weight is 471 g/mol. The number of carbonyl (C=O) groups excluding carboxylic acids is 3. The lowest BCUT2D eigenvalue weighted by atomic mass is 10.0. The van der Waals surface area contributed by atoms with E-state index in [1.165, 1.54) is 36.4 Å². The summed E-state index contributed by atoms with van der Waals surface area (Å²) in [6.07, 6.45) is 2.44. The number of benzene rings is 2. The first-order valence-electron chi connectivity index (χ1n) is 10.8. The Morgan fingerprint density at radius 1 is 0.941 bits per heavy atom. The van der Waals surface area contributed by atoms with E-state index < -0.39 is 29.7 Å². The summed E-state index contributed by atoms with van der Waals surface area (Å²) >= 11 is 0. The smallest absolute Gasteiger partial charge is 0.334 e. The molecule has 0 saturated heterocycles. The zero-order valence-corrected chi connectivity index (χ0v) is 19.5. The van der Waals surface area contributed by atoms with E-state index in [0.717, 1.165) is 12.1 Å². The van der Waals surface area contributed by atoms with E-state index in [1.807, 2.05) is 0 Å². The quantitative estimate of drug-likeness (QED) is 0.123. The van der Waals surface area contributed by atoms with Crippen molar-refractivity contribution in [3.05, 3.63) is 53.6 Å². The molecule has 1 amide bonds. The summed E-state index contributed by atoms with van der Waals surface area (Å²) in [6.45, 7) is 7.09. The van der Waals surface area contributed by atoms with Crippen molar-refractivity contribution in [3.8, 4) is 23.0 Å². The van der Waals surface area contributed by atoms with E-state index in [0.29, 0.717) is 0 Å². The molecule has 34 heavy (non-hydrogen) atoms. The Bertz CT molecular complexity index is 1090. The number of phenols is 3. The van der Waals surface area contributed by atoms with E-state index in [4.69, 9.17) is 10.5 Å². The van der Waals surface area contributed by atoms with Crippen LogP contribution < -0.4 is 15.8 Å². The van der Waals surface area contributed by atoms with Crippen molar-refractivity contribution >= 4 is 23.7 Å². The van der Waals surface area contributed by atoms with Gasteiger partial charge in [-0.15, -0.1) is 0 Å². The summed E-state index contributed by atoms with van der Waals surface area (Å²) in [5.74, 6) is -2.82. The molecule has 0 aliphatic heterocycles. The number of rotatable bonds is 9. The Labute approximate surface area is 197 Å². The molecule has 0 spiro atoms. The van der Waals surface area contributed by atoms with Crippen LogP contribution in [0.25, 0.3) is 6.08 Å². The highest BCUT2D eigenvalue weighted by molar-refractivity contribution is 6.08. The van der Waals surface area contributed by atoms with Gasteiger partial charge in [0.1, 0.15) is 29.0 Å².